The molecule has 0 aromatic carbocycles. The molecule has 0 aromatic heterocycles. The maximum Gasteiger partial charge on any atom is 0.328 e. The highest BCUT2D eigenvalue weighted by Crippen LogP contribution is 2.59. The fraction of sp³-hybridized carbons (Fsp3) is 0.864. The molecule has 1 N–H and O–H groups in total. The fourth-order valence-electron chi connectivity index (χ4n) is 5.29. The minimum atomic E-state index is -1.83. The lowest BCUT2D eigenvalue weighted by atomic mass is 9.61. The smallest absolute Gasteiger partial charge is 0.328 e. The molecule has 6 atom stereocenters. The molecule has 2 aliphatic carbocycles. The number of fused-ring (bicyclic) bond motifs is 1. The van der Waals surface area contributed by atoms with E-state index in [4.69, 9.17) is 9.53 Å². The van der Waals surface area contributed by atoms with Crippen molar-refractivity contribution >= 4 is 14.3 Å². The number of rotatable bonds is 6. The summed E-state index contributed by atoms with van der Waals surface area (Å²) in [6.45, 7) is 15.8. The SMILES string of the molecule is CC(C(F)/C=C/C(=O)O)[C@H]1CC[C@H]2[C@@H](O[Si](C)(C)C(C)(C)C)CCC[C@]12C. The zero-order chi connectivity index (χ0) is 20.6. The summed E-state index contributed by atoms with van der Waals surface area (Å²) in [6, 6.07) is 0. The van der Waals surface area contributed by atoms with Crippen molar-refractivity contribution in [1.29, 1.82) is 0 Å². The predicted octanol–water partition coefficient (Wildman–Crippen LogP) is 6.21. The van der Waals surface area contributed by atoms with E-state index < -0.39 is 20.5 Å². The van der Waals surface area contributed by atoms with Crippen LogP contribution < -0.4 is 0 Å². The number of hydrogen-bond donors (Lipinski definition) is 1. The Morgan fingerprint density at radius 1 is 1.30 bits per heavy atom. The molecular formula is C22H39FO3Si. The molecule has 0 aromatic rings. The van der Waals surface area contributed by atoms with E-state index in [-0.39, 0.29) is 28.4 Å². The molecule has 0 aliphatic heterocycles. The summed E-state index contributed by atoms with van der Waals surface area (Å²) in [4.78, 5) is 10.7. The van der Waals surface area contributed by atoms with Crippen LogP contribution in [0.4, 0.5) is 4.39 Å². The molecule has 0 spiro atoms. The van der Waals surface area contributed by atoms with Crippen LogP contribution in [-0.4, -0.2) is 31.7 Å². The standard InChI is InChI=1S/C22H39FO3Si/c1-15(18(23)12-13-20(24)25)16-10-11-17-19(9-8-14-22(16,17)5)26-27(6,7)21(2,3)4/h12-13,15-19H,8-11,14H2,1-7H3,(H,24,25)/b13-12+/t15?,16-,17+,18?,19+,22-/m1/s1. The van der Waals surface area contributed by atoms with Crippen LogP contribution in [0.2, 0.25) is 18.1 Å². The average molecular weight is 399 g/mol. The van der Waals surface area contributed by atoms with Crippen LogP contribution in [-0.2, 0) is 9.22 Å². The second-order valence-corrected chi connectivity index (χ2v) is 15.4. The van der Waals surface area contributed by atoms with Crippen LogP contribution in [0, 0.1) is 23.2 Å². The van der Waals surface area contributed by atoms with Gasteiger partial charge in [-0.1, -0.05) is 41.0 Å². The minimum Gasteiger partial charge on any atom is -0.478 e. The van der Waals surface area contributed by atoms with Gasteiger partial charge in [0.15, 0.2) is 8.32 Å². The molecule has 27 heavy (non-hydrogen) atoms. The van der Waals surface area contributed by atoms with Crippen molar-refractivity contribution in [3.05, 3.63) is 12.2 Å². The first kappa shape index (κ1) is 22.6. The van der Waals surface area contributed by atoms with Crippen LogP contribution >= 0.6 is 0 Å². The molecule has 2 saturated carbocycles. The number of carbonyl (C=O) groups is 1. The summed E-state index contributed by atoms with van der Waals surface area (Å²) < 4.78 is 21.5. The molecule has 0 radical (unpaired) electrons. The van der Waals surface area contributed by atoms with Gasteiger partial charge in [0.25, 0.3) is 0 Å². The number of alkyl halides is 1. The lowest BCUT2D eigenvalue weighted by molar-refractivity contribution is -0.131. The highest BCUT2D eigenvalue weighted by atomic mass is 28.4. The summed E-state index contributed by atoms with van der Waals surface area (Å²) in [5.74, 6) is -0.478. The van der Waals surface area contributed by atoms with Crippen molar-refractivity contribution in [1.82, 2.24) is 0 Å². The first-order chi connectivity index (χ1) is 12.3. The lowest BCUT2D eigenvalue weighted by Gasteiger charge is -2.50. The van der Waals surface area contributed by atoms with Crippen molar-refractivity contribution in [3.8, 4) is 0 Å². The summed E-state index contributed by atoms with van der Waals surface area (Å²) in [7, 11) is -1.83. The molecule has 0 saturated heterocycles. The lowest BCUT2D eigenvalue weighted by Crippen LogP contribution is -2.50. The van der Waals surface area contributed by atoms with E-state index >= 15 is 0 Å². The van der Waals surface area contributed by atoms with E-state index in [0.29, 0.717) is 5.92 Å². The summed E-state index contributed by atoms with van der Waals surface area (Å²) >= 11 is 0. The van der Waals surface area contributed by atoms with Gasteiger partial charge < -0.3 is 9.53 Å². The van der Waals surface area contributed by atoms with Gasteiger partial charge >= 0.3 is 5.97 Å². The summed E-state index contributed by atoms with van der Waals surface area (Å²) in [5.41, 5.74) is 0.0894. The Hall–Kier alpha value is -0.683. The second kappa shape index (κ2) is 7.98. The predicted molar refractivity (Wildman–Crippen MR) is 111 cm³/mol. The maximum atomic E-state index is 14.7. The van der Waals surface area contributed by atoms with Crippen molar-refractivity contribution in [3.63, 3.8) is 0 Å². The zero-order valence-corrected chi connectivity index (χ0v) is 19.2. The van der Waals surface area contributed by atoms with E-state index in [9.17, 15) is 9.18 Å². The van der Waals surface area contributed by atoms with E-state index in [0.717, 1.165) is 38.2 Å². The fourth-order valence-corrected chi connectivity index (χ4v) is 6.68. The van der Waals surface area contributed by atoms with Crippen LogP contribution in [0.3, 0.4) is 0 Å². The average Bonchev–Trinajstić information content (AvgIpc) is 2.88. The molecule has 2 fully saturated rings. The maximum absolute atomic E-state index is 14.7. The highest BCUT2D eigenvalue weighted by molar-refractivity contribution is 6.74. The molecular weight excluding hydrogens is 359 g/mol. The van der Waals surface area contributed by atoms with Crippen molar-refractivity contribution in [2.75, 3.05) is 0 Å². The molecule has 2 aliphatic rings. The van der Waals surface area contributed by atoms with Crippen LogP contribution in [0.25, 0.3) is 0 Å². The summed E-state index contributed by atoms with van der Waals surface area (Å²) in [5, 5.41) is 8.98. The van der Waals surface area contributed by atoms with Gasteiger partial charge in [0.1, 0.15) is 6.17 Å². The number of halogens is 1. The molecule has 2 rings (SSSR count). The normalized spacial score (nSPS) is 34.4. The van der Waals surface area contributed by atoms with Gasteiger partial charge in [-0.3, -0.25) is 0 Å². The Morgan fingerprint density at radius 3 is 2.48 bits per heavy atom. The number of carboxylic acids is 1. The van der Waals surface area contributed by atoms with Gasteiger partial charge in [-0.2, -0.15) is 0 Å². The van der Waals surface area contributed by atoms with E-state index in [1.54, 1.807) is 0 Å². The molecule has 0 bridgehead atoms. The van der Waals surface area contributed by atoms with Crippen molar-refractivity contribution in [2.24, 2.45) is 23.2 Å². The Labute approximate surface area is 165 Å². The molecule has 156 valence electrons. The van der Waals surface area contributed by atoms with Crippen LogP contribution in [0.5, 0.6) is 0 Å². The third-order valence-corrected chi connectivity index (χ3v) is 12.5. The topological polar surface area (TPSA) is 46.5 Å². The van der Waals surface area contributed by atoms with Gasteiger partial charge in [-0.15, -0.1) is 0 Å². The first-order valence-electron chi connectivity index (χ1n) is 10.5. The Kier molecular flexibility index (Phi) is 6.68. The molecule has 0 amide bonds. The van der Waals surface area contributed by atoms with E-state index in [1.807, 2.05) is 6.92 Å². The molecule has 2 unspecified atom stereocenters. The Bertz CT molecular complexity index is 568. The quantitative estimate of drug-likeness (QED) is 0.427. The largest absolute Gasteiger partial charge is 0.478 e. The van der Waals surface area contributed by atoms with Gasteiger partial charge in [0, 0.05) is 12.2 Å². The number of hydrogen-bond acceptors (Lipinski definition) is 2. The van der Waals surface area contributed by atoms with Gasteiger partial charge in [-0.05, 0) is 73.1 Å². The minimum absolute atomic E-state index is 0.0894. The van der Waals surface area contributed by atoms with E-state index in [2.05, 4.69) is 40.8 Å². The second-order valence-electron chi connectivity index (χ2n) is 10.6. The third kappa shape index (κ3) is 4.67. The van der Waals surface area contributed by atoms with Gasteiger partial charge in [0.2, 0.25) is 0 Å². The van der Waals surface area contributed by atoms with Crippen LogP contribution in [0.15, 0.2) is 12.2 Å². The van der Waals surface area contributed by atoms with Crippen molar-refractivity contribution < 1.29 is 18.7 Å². The zero-order valence-electron chi connectivity index (χ0n) is 18.2. The molecule has 0 heterocycles. The van der Waals surface area contributed by atoms with Gasteiger partial charge in [-0.25, -0.2) is 9.18 Å². The molecule has 3 nitrogen and oxygen atoms in total. The van der Waals surface area contributed by atoms with Crippen molar-refractivity contribution in [2.45, 2.75) is 97.1 Å². The van der Waals surface area contributed by atoms with Gasteiger partial charge in [0.05, 0.1) is 0 Å². The first-order valence-corrected chi connectivity index (χ1v) is 13.4. The summed E-state index contributed by atoms with van der Waals surface area (Å²) in [6.07, 6.45) is 6.73. The number of carboxylic acid groups (broad SMARTS) is 1. The highest BCUT2D eigenvalue weighted by Gasteiger charge is 2.55. The Balaban J connectivity index is 2.16. The monoisotopic (exact) mass is 398 g/mol. The third-order valence-electron chi connectivity index (χ3n) is 7.95. The molecule has 5 heteroatoms. The Morgan fingerprint density at radius 2 is 1.93 bits per heavy atom. The van der Waals surface area contributed by atoms with Crippen LogP contribution in [0.1, 0.15) is 66.7 Å². The number of aliphatic carboxylic acids is 1. The van der Waals surface area contributed by atoms with E-state index in [1.165, 1.54) is 6.08 Å². The number of allylic oxidation sites excluding steroid dienone is 1.